The number of carbonyl (C=O) groups is 1. The molecular formula is C12H23N3O. The van der Waals surface area contributed by atoms with E-state index in [-0.39, 0.29) is 11.9 Å². The summed E-state index contributed by atoms with van der Waals surface area (Å²) in [6.45, 7) is 4.03. The van der Waals surface area contributed by atoms with Crippen LogP contribution in [0.25, 0.3) is 0 Å². The molecular weight excluding hydrogens is 202 g/mol. The molecule has 92 valence electrons. The first-order valence-corrected chi connectivity index (χ1v) is 6.47. The first-order chi connectivity index (χ1) is 7.68. The third-order valence-electron chi connectivity index (χ3n) is 3.77. The summed E-state index contributed by atoms with van der Waals surface area (Å²) in [6.07, 6.45) is 6.27. The third kappa shape index (κ3) is 2.95. The van der Waals surface area contributed by atoms with Gasteiger partial charge in [0.05, 0.1) is 6.04 Å². The zero-order valence-corrected chi connectivity index (χ0v) is 10.1. The molecule has 2 aliphatic rings. The summed E-state index contributed by atoms with van der Waals surface area (Å²) in [4.78, 5) is 13.6. The second-order valence-electron chi connectivity index (χ2n) is 5.15. The number of amides is 1. The Labute approximate surface area is 97.6 Å². The third-order valence-corrected chi connectivity index (χ3v) is 3.77. The van der Waals surface area contributed by atoms with Crippen molar-refractivity contribution in [3.63, 3.8) is 0 Å². The van der Waals surface area contributed by atoms with E-state index in [4.69, 9.17) is 5.73 Å². The molecule has 0 bridgehead atoms. The van der Waals surface area contributed by atoms with Gasteiger partial charge in [0.1, 0.15) is 0 Å². The van der Waals surface area contributed by atoms with Crippen LogP contribution >= 0.6 is 0 Å². The minimum atomic E-state index is -0.192. The summed E-state index contributed by atoms with van der Waals surface area (Å²) in [7, 11) is 0. The summed E-state index contributed by atoms with van der Waals surface area (Å²) < 4.78 is 0. The summed E-state index contributed by atoms with van der Waals surface area (Å²) >= 11 is 0. The topological polar surface area (TPSA) is 58.4 Å². The number of rotatable bonds is 5. The highest BCUT2D eigenvalue weighted by molar-refractivity contribution is 5.79. The predicted molar refractivity (Wildman–Crippen MR) is 64.0 cm³/mol. The van der Waals surface area contributed by atoms with Crippen molar-refractivity contribution in [1.29, 1.82) is 0 Å². The Morgan fingerprint density at radius 1 is 1.44 bits per heavy atom. The molecule has 2 atom stereocenters. The van der Waals surface area contributed by atoms with E-state index in [1.54, 1.807) is 0 Å². The molecule has 2 fully saturated rings. The molecule has 4 heteroatoms. The standard InChI is InChI=1S/C12H23N3O/c1-9(12(13)16)15(11-5-6-11)8-10-4-2-3-7-14-10/h9-11,14H,2-8H2,1H3,(H2,13,16). The molecule has 2 rings (SSSR count). The van der Waals surface area contributed by atoms with Crippen molar-refractivity contribution < 1.29 is 4.79 Å². The molecule has 1 saturated carbocycles. The lowest BCUT2D eigenvalue weighted by Crippen LogP contribution is -2.51. The van der Waals surface area contributed by atoms with E-state index in [2.05, 4.69) is 10.2 Å². The van der Waals surface area contributed by atoms with Gasteiger partial charge in [-0.3, -0.25) is 9.69 Å². The number of piperidine rings is 1. The number of nitrogens with one attached hydrogen (secondary N) is 1. The average molecular weight is 225 g/mol. The largest absolute Gasteiger partial charge is 0.368 e. The Balaban J connectivity index is 1.88. The molecule has 0 spiro atoms. The molecule has 1 aliphatic heterocycles. The molecule has 0 aromatic carbocycles. The molecule has 1 amide bonds. The molecule has 2 unspecified atom stereocenters. The molecule has 0 aromatic rings. The van der Waals surface area contributed by atoms with Gasteiger partial charge >= 0.3 is 0 Å². The van der Waals surface area contributed by atoms with Gasteiger partial charge in [0.15, 0.2) is 0 Å². The van der Waals surface area contributed by atoms with Crippen molar-refractivity contribution in [3.8, 4) is 0 Å². The second-order valence-corrected chi connectivity index (χ2v) is 5.15. The fraction of sp³-hybridized carbons (Fsp3) is 0.917. The van der Waals surface area contributed by atoms with Crippen LogP contribution in [0.5, 0.6) is 0 Å². The zero-order chi connectivity index (χ0) is 11.5. The Morgan fingerprint density at radius 2 is 2.19 bits per heavy atom. The number of primary amides is 1. The van der Waals surface area contributed by atoms with Gasteiger partial charge in [0, 0.05) is 18.6 Å². The monoisotopic (exact) mass is 225 g/mol. The van der Waals surface area contributed by atoms with Crippen LogP contribution in [-0.2, 0) is 4.79 Å². The highest BCUT2D eigenvalue weighted by Gasteiger charge is 2.35. The van der Waals surface area contributed by atoms with Gasteiger partial charge in [-0.2, -0.15) is 0 Å². The van der Waals surface area contributed by atoms with E-state index in [9.17, 15) is 4.79 Å². The summed E-state index contributed by atoms with van der Waals surface area (Å²) in [6, 6.07) is 1.04. The lowest BCUT2D eigenvalue weighted by molar-refractivity contribution is -0.123. The van der Waals surface area contributed by atoms with E-state index in [1.165, 1.54) is 32.1 Å². The van der Waals surface area contributed by atoms with Gasteiger partial charge in [-0.15, -0.1) is 0 Å². The summed E-state index contributed by atoms with van der Waals surface area (Å²) in [5.74, 6) is -0.192. The second kappa shape index (κ2) is 5.15. The molecule has 16 heavy (non-hydrogen) atoms. The fourth-order valence-electron chi connectivity index (χ4n) is 2.53. The smallest absolute Gasteiger partial charge is 0.234 e. The normalized spacial score (nSPS) is 28.0. The lowest BCUT2D eigenvalue weighted by Gasteiger charge is -2.33. The lowest BCUT2D eigenvalue weighted by atomic mass is 10.0. The minimum absolute atomic E-state index is 0.115. The van der Waals surface area contributed by atoms with Crippen molar-refractivity contribution in [2.24, 2.45) is 5.73 Å². The first kappa shape index (κ1) is 11.9. The van der Waals surface area contributed by atoms with Crippen LogP contribution < -0.4 is 11.1 Å². The maximum Gasteiger partial charge on any atom is 0.234 e. The van der Waals surface area contributed by atoms with E-state index in [1.807, 2.05) is 6.92 Å². The van der Waals surface area contributed by atoms with Crippen LogP contribution in [0.3, 0.4) is 0 Å². The molecule has 1 heterocycles. The van der Waals surface area contributed by atoms with Crippen LogP contribution in [0.15, 0.2) is 0 Å². The maximum absolute atomic E-state index is 11.3. The molecule has 0 radical (unpaired) electrons. The van der Waals surface area contributed by atoms with Crippen LogP contribution in [-0.4, -0.2) is 42.0 Å². The van der Waals surface area contributed by atoms with Gasteiger partial charge in [-0.05, 0) is 39.2 Å². The van der Waals surface area contributed by atoms with E-state index in [0.29, 0.717) is 12.1 Å². The van der Waals surface area contributed by atoms with Gasteiger partial charge < -0.3 is 11.1 Å². The summed E-state index contributed by atoms with van der Waals surface area (Å²) in [5, 5.41) is 3.53. The van der Waals surface area contributed by atoms with Gasteiger partial charge in [-0.25, -0.2) is 0 Å². The highest BCUT2D eigenvalue weighted by atomic mass is 16.1. The van der Waals surface area contributed by atoms with Crippen molar-refractivity contribution in [2.45, 2.75) is 57.2 Å². The number of nitrogens with two attached hydrogens (primary N) is 1. The van der Waals surface area contributed by atoms with Crippen molar-refractivity contribution >= 4 is 5.91 Å². The Hall–Kier alpha value is -0.610. The molecule has 3 N–H and O–H groups in total. The number of carbonyl (C=O) groups excluding carboxylic acids is 1. The molecule has 4 nitrogen and oxygen atoms in total. The van der Waals surface area contributed by atoms with Crippen molar-refractivity contribution in [2.75, 3.05) is 13.1 Å². The average Bonchev–Trinajstić information content (AvgIpc) is 3.10. The van der Waals surface area contributed by atoms with Gasteiger partial charge in [-0.1, -0.05) is 6.42 Å². The summed E-state index contributed by atoms with van der Waals surface area (Å²) in [5.41, 5.74) is 5.41. The Kier molecular flexibility index (Phi) is 3.82. The predicted octanol–water partition coefficient (Wildman–Crippen LogP) is 0.467. The quantitative estimate of drug-likeness (QED) is 0.715. The SMILES string of the molecule is CC(C(N)=O)N(CC1CCCCN1)C1CC1. The Bertz CT molecular complexity index is 247. The fourth-order valence-corrected chi connectivity index (χ4v) is 2.53. The van der Waals surface area contributed by atoms with E-state index < -0.39 is 0 Å². The molecule has 1 aliphatic carbocycles. The maximum atomic E-state index is 11.3. The van der Waals surface area contributed by atoms with Crippen LogP contribution in [0, 0.1) is 0 Å². The number of hydrogen-bond acceptors (Lipinski definition) is 3. The van der Waals surface area contributed by atoms with Gasteiger partial charge in [0.2, 0.25) is 5.91 Å². The minimum Gasteiger partial charge on any atom is -0.368 e. The zero-order valence-electron chi connectivity index (χ0n) is 10.1. The van der Waals surface area contributed by atoms with Crippen LogP contribution in [0.4, 0.5) is 0 Å². The van der Waals surface area contributed by atoms with Crippen LogP contribution in [0.1, 0.15) is 39.0 Å². The van der Waals surface area contributed by atoms with Crippen LogP contribution in [0.2, 0.25) is 0 Å². The van der Waals surface area contributed by atoms with E-state index >= 15 is 0 Å². The van der Waals surface area contributed by atoms with Gasteiger partial charge in [0.25, 0.3) is 0 Å². The highest BCUT2D eigenvalue weighted by Crippen LogP contribution is 2.29. The van der Waals surface area contributed by atoms with Crippen molar-refractivity contribution in [3.05, 3.63) is 0 Å². The molecule has 1 saturated heterocycles. The number of hydrogen-bond donors (Lipinski definition) is 2. The number of nitrogens with zero attached hydrogens (tertiary/aromatic N) is 1. The van der Waals surface area contributed by atoms with E-state index in [0.717, 1.165) is 13.1 Å². The van der Waals surface area contributed by atoms with Crippen molar-refractivity contribution in [1.82, 2.24) is 10.2 Å². The molecule has 0 aromatic heterocycles. The Morgan fingerprint density at radius 3 is 2.69 bits per heavy atom. The first-order valence-electron chi connectivity index (χ1n) is 6.47.